The number of methoxy groups -OCH3 is 1. The molecule has 1 amide bonds. The maximum Gasteiger partial charge on any atom is 0.338 e. The third kappa shape index (κ3) is 4.28. The molecule has 1 heterocycles. The van der Waals surface area contributed by atoms with Crippen molar-refractivity contribution in [3.63, 3.8) is 0 Å². The zero-order valence-electron chi connectivity index (χ0n) is 16.1. The third-order valence-electron chi connectivity index (χ3n) is 4.19. The van der Waals surface area contributed by atoms with Crippen LogP contribution in [0, 0.1) is 5.82 Å². The van der Waals surface area contributed by atoms with Crippen molar-refractivity contribution in [1.82, 2.24) is 4.90 Å². The van der Waals surface area contributed by atoms with Crippen LogP contribution in [0.25, 0.3) is 5.70 Å². The Morgan fingerprint density at radius 1 is 1.13 bits per heavy atom. The van der Waals surface area contributed by atoms with Gasteiger partial charge in [0, 0.05) is 10.6 Å². The number of carbonyl (C=O) groups excluding carboxylic acids is 3. The summed E-state index contributed by atoms with van der Waals surface area (Å²) in [5.41, 5.74) is 0.130. The van der Waals surface area contributed by atoms with Crippen molar-refractivity contribution < 1.29 is 33.0 Å². The van der Waals surface area contributed by atoms with Crippen molar-refractivity contribution in [2.75, 3.05) is 20.3 Å². The molecule has 0 saturated heterocycles. The fourth-order valence-corrected chi connectivity index (χ4v) is 2.99. The number of hydrogen-bond donors (Lipinski definition) is 0. The molecule has 1 aliphatic rings. The average Bonchev–Trinajstić information content (AvgIpc) is 2.73. The van der Waals surface area contributed by atoms with Crippen LogP contribution in [0.15, 0.2) is 48.2 Å². The molecule has 0 radical (unpaired) electrons. The van der Waals surface area contributed by atoms with E-state index in [4.69, 9.17) is 25.8 Å². The van der Waals surface area contributed by atoms with Gasteiger partial charge in [0.2, 0.25) is 5.76 Å². The molecule has 9 heteroatoms. The van der Waals surface area contributed by atoms with E-state index in [2.05, 4.69) is 0 Å². The van der Waals surface area contributed by atoms with Gasteiger partial charge in [-0.3, -0.25) is 14.5 Å². The van der Waals surface area contributed by atoms with Crippen molar-refractivity contribution in [2.24, 2.45) is 0 Å². The van der Waals surface area contributed by atoms with Gasteiger partial charge in [0.05, 0.1) is 19.3 Å². The predicted molar refractivity (Wildman–Crippen MR) is 105 cm³/mol. The first-order chi connectivity index (χ1) is 14.3. The Kier molecular flexibility index (Phi) is 6.37. The van der Waals surface area contributed by atoms with Gasteiger partial charge in [-0.15, -0.1) is 0 Å². The zero-order chi connectivity index (χ0) is 21.8. The van der Waals surface area contributed by atoms with E-state index in [1.165, 1.54) is 13.2 Å². The molecule has 156 valence electrons. The lowest BCUT2D eigenvalue weighted by Crippen LogP contribution is -2.46. The second-order valence-corrected chi connectivity index (χ2v) is 6.55. The molecule has 0 saturated carbocycles. The lowest BCUT2D eigenvalue weighted by Gasteiger charge is -2.35. The van der Waals surface area contributed by atoms with Crippen LogP contribution in [0.2, 0.25) is 5.02 Å². The molecule has 3 rings (SSSR count). The van der Waals surface area contributed by atoms with E-state index in [-0.39, 0.29) is 29.2 Å². The third-order valence-corrected chi connectivity index (χ3v) is 4.44. The monoisotopic (exact) mass is 433 g/mol. The van der Waals surface area contributed by atoms with Gasteiger partial charge in [-0.2, -0.15) is 0 Å². The summed E-state index contributed by atoms with van der Waals surface area (Å²) in [6.07, 6.45) is 0. The van der Waals surface area contributed by atoms with Crippen LogP contribution in [0.3, 0.4) is 0 Å². The van der Waals surface area contributed by atoms with E-state index < -0.39 is 30.2 Å². The highest BCUT2D eigenvalue weighted by atomic mass is 35.5. The average molecular weight is 434 g/mol. The minimum absolute atomic E-state index is 0.00691. The van der Waals surface area contributed by atoms with E-state index in [9.17, 15) is 18.8 Å². The van der Waals surface area contributed by atoms with Crippen molar-refractivity contribution in [3.8, 4) is 5.75 Å². The molecular formula is C21H17ClFNO6. The van der Waals surface area contributed by atoms with Gasteiger partial charge in [0.15, 0.2) is 0 Å². The van der Waals surface area contributed by atoms with Crippen LogP contribution in [-0.2, 0) is 19.1 Å². The number of esters is 2. The quantitative estimate of drug-likeness (QED) is 0.622. The number of hydrogen-bond acceptors (Lipinski definition) is 6. The highest BCUT2D eigenvalue weighted by Crippen LogP contribution is 2.37. The summed E-state index contributed by atoms with van der Waals surface area (Å²) in [5.74, 6) is -2.52. The molecule has 7 nitrogen and oxygen atoms in total. The molecule has 0 aliphatic carbocycles. The van der Waals surface area contributed by atoms with Crippen LogP contribution < -0.4 is 4.74 Å². The second-order valence-electron chi connectivity index (χ2n) is 6.11. The van der Waals surface area contributed by atoms with Crippen LogP contribution in [0.4, 0.5) is 4.39 Å². The molecule has 30 heavy (non-hydrogen) atoms. The summed E-state index contributed by atoms with van der Waals surface area (Å²) in [6.45, 7) is 1.33. The van der Waals surface area contributed by atoms with Gasteiger partial charge in [-0.05, 0) is 49.4 Å². The maximum atomic E-state index is 14.0. The first-order valence-electron chi connectivity index (χ1n) is 8.89. The Bertz CT molecular complexity index is 1030. The largest absolute Gasteiger partial charge is 0.465 e. The standard InChI is InChI=1S/C21H17ClFNO6/c1-3-29-17(25)11-24-18(16-10-13(23)6-9-15(16)21(27)28-2)19(20(24)26)30-14-7-4-12(22)5-8-14/h4-10H,3,11H2,1-2H3. The smallest absolute Gasteiger partial charge is 0.338 e. The van der Waals surface area contributed by atoms with Crippen molar-refractivity contribution >= 4 is 35.1 Å². The van der Waals surface area contributed by atoms with E-state index >= 15 is 0 Å². The van der Waals surface area contributed by atoms with Gasteiger partial charge in [-0.1, -0.05) is 11.6 Å². The normalized spacial score (nSPS) is 13.1. The van der Waals surface area contributed by atoms with Crippen LogP contribution in [0.1, 0.15) is 22.8 Å². The minimum Gasteiger partial charge on any atom is -0.465 e. The summed E-state index contributed by atoms with van der Waals surface area (Å²) < 4.78 is 29.3. The SMILES string of the molecule is CCOC(=O)CN1C(=O)C(Oc2ccc(Cl)cc2)=C1c1cc(F)ccc1C(=O)OC. The highest BCUT2D eigenvalue weighted by molar-refractivity contribution is 6.30. The number of carbonyl (C=O) groups is 3. The number of ether oxygens (including phenoxy) is 3. The fourth-order valence-electron chi connectivity index (χ4n) is 2.86. The topological polar surface area (TPSA) is 82.1 Å². The Hall–Kier alpha value is -3.39. The number of benzene rings is 2. The molecule has 2 aromatic carbocycles. The Morgan fingerprint density at radius 3 is 2.47 bits per heavy atom. The summed E-state index contributed by atoms with van der Waals surface area (Å²) in [5, 5.41) is 0.471. The first-order valence-corrected chi connectivity index (χ1v) is 9.27. The summed E-state index contributed by atoms with van der Waals surface area (Å²) in [4.78, 5) is 37.9. The van der Waals surface area contributed by atoms with Gasteiger partial charge in [0.25, 0.3) is 5.91 Å². The maximum absolute atomic E-state index is 14.0. The lowest BCUT2D eigenvalue weighted by atomic mass is 9.97. The molecule has 0 atom stereocenters. The van der Waals surface area contributed by atoms with Crippen LogP contribution >= 0.6 is 11.6 Å². The van der Waals surface area contributed by atoms with Crippen LogP contribution in [0.5, 0.6) is 5.75 Å². The molecule has 0 fully saturated rings. The van der Waals surface area contributed by atoms with Crippen LogP contribution in [-0.4, -0.2) is 43.0 Å². The van der Waals surface area contributed by atoms with Gasteiger partial charge in [0.1, 0.15) is 23.8 Å². The zero-order valence-corrected chi connectivity index (χ0v) is 16.9. The molecule has 2 aromatic rings. The van der Waals surface area contributed by atoms with E-state index in [1.54, 1.807) is 31.2 Å². The van der Waals surface area contributed by atoms with E-state index in [0.29, 0.717) is 10.8 Å². The Labute approximate surface area is 176 Å². The number of rotatable bonds is 7. The van der Waals surface area contributed by atoms with E-state index in [1.807, 2.05) is 0 Å². The van der Waals surface area contributed by atoms with Gasteiger partial charge in [-0.25, -0.2) is 9.18 Å². The first kappa shape index (κ1) is 21.3. The molecular weight excluding hydrogens is 417 g/mol. The number of amides is 1. The lowest BCUT2D eigenvalue weighted by molar-refractivity contribution is -0.147. The molecule has 0 aromatic heterocycles. The molecule has 1 aliphatic heterocycles. The second kappa shape index (κ2) is 8.96. The Balaban J connectivity index is 2.09. The number of halogens is 2. The van der Waals surface area contributed by atoms with Crippen molar-refractivity contribution in [1.29, 1.82) is 0 Å². The minimum atomic E-state index is -0.737. The highest BCUT2D eigenvalue weighted by Gasteiger charge is 2.42. The van der Waals surface area contributed by atoms with Gasteiger partial charge < -0.3 is 14.2 Å². The number of nitrogens with zero attached hydrogens (tertiary/aromatic N) is 1. The van der Waals surface area contributed by atoms with Crippen molar-refractivity contribution in [2.45, 2.75) is 6.92 Å². The Morgan fingerprint density at radius 2 is 1.83 bits per heavy atom. The summed E-state index contributed by atoms with van der Waals surface area (Å²) >= 11 is 5.86. The molecule has 0 N–H and O–H groups in total. The molecule has 0 unspecified atom stereocenters. The summed E-state index contributed by atoms with van der Waals surface area (Å²) in [7, 11) is 1.18. The van der Waals surface area contributed by atoms with E-state index in [0.717, 1.165) is 17.0 Å². The molecule has 0 spiro atoms. The van der Waals surface area contributed by atoms with Crippen molar-refractivity contribution in [3.05, 3.63) is 70.2 Å². The van der Waals surface area contributed by atoms with Gasteiger partial charge >= 0.3 is 11.9 Å². The summed E-state index contributed by atoms with van der Waals surface area (Å²) in [6, 6.07) is 9.61. The molecule has 0 bridgehead atoms. The fraction of sp³-hybridized carbons (Fsp3) is 0.190. The predicted octanol–water partition coefficient (Wildman–Crippen LogP) is 3.42.